The summed E-state index contributed by atoms with van der Waals surface area (Å²) in [5, 5.41) is 4.63. The summed E-state index contributed by atoms with van der Waals surface area (Å²) in [6.07, 6.45) is -8.21. The molecule has 1 aromatic heterocycles. The predicted molar refractivity (Wildman–Crippen MR) is 134 cm³/mol. The Morgan fingerprint density at radius 1 is 0.878 bits per heavy atom. The smallest absolute Gasteiger partial charge is 0.461 e. The van der Waals surface area contributed by atoms with Gasteiger partial charge in [0.05, 0.1) is 5.56 Å². The van der Waals surface area contributed by atoms with Gasteiger partial charge in [0.1, 0.15) is 24.3 Å². The maximum Gasteiger partial charge on any atom is 0.573 e. The third-order valence-electron chi connectivity index (χ3n) is 4.87. The van der Waals surface area contributed by atoms with Crippen molar-refractivity contribution < 1.29 is 54.9 Å². The molecule has 41 heavy (non-hydrogen) atoms. The van der Waals surface area contributed by atoms with Gasteiger partial charge in [-0.05, 0) is 42.0 Å². The number of aromatic nitrogens is 2. The molecule has 17 heteroatoms. The summed E-state index contributed by atoms with van der Waals surface area (Å²) in [5.41, 5.74) is -0.423. The lowest BCUT2D eigenvalue weighted by Crippen LogP contribution is -2.20. The molecule has 0 aliphatic heterocycles. The van der Waals surface area contributed by atoms with Crippen molar-refractivity contribution in [1.82, 2.24) is 9.55 Å². The number of urea groups is 1. The van der Waals surface area contributed by atoms with Crippen LogP contribution in [0.15, 0.2) is 54.7 Å². The zero-order valence-corrected chi connectivity index (χ0v) is 22.1. The molecule has 0 saturated heterocycles. The molecule has 220 valence electrons. The van der Waals surface area contributed by atoms with E-state index in [4.69, 9.17) is 9.47 Å². The Morgan fingerprint density at radius 3 is 2.10 bits per heavy atom. The normalized spacial score (nSPS) is 11.5. The van der Waals surface area contributed by atoms with Gasteiger partial charge in [-0.3, -0.25) is 10.1 Å². The fraction of sp³-hybridized carbons (Fsp3) is 0.250. The molecule has 0 spiro atoms. The Hall–Kier alpha value is -4.28. The molecule has 0 aliphatic carbocycles. The lowest BCUT2D eigenvalue weighted by atomic mass is 10.1. The number of imidazole rings is 1. The molecule has 0 bridgehead atoms. The quantitative estimate of drug-likeness (QED) is 0.127. The van der Waals surface area contributed by atoms with Crippen LogP contribution in [-0.4, -0.2) is 52.4 Å². The van der Waals surface area contributed by atoms with E-state index >= 15 is 0 Å². The summed E-state index contributed by atoms with van der Waals surface area (Å²) in [6.45, 7) is -0.726. The largest absolute Gasteiger partial charge is 0.573 e. The van der Waals surface area contributed by atoms with Gasteiger partial charge in [0, 0.05) is 18.4 Å². The molecule has 0 saturated carbocycles. The zero-order chi connectivity index (χ0) is 30.2. The number of alkyl halides is 7. The second-order valence-electron chi connectivity index (χ2n) is 7.91. The van der Waals surface area contributed by atoms with E-state index in [1.807, 2.05) is 0 Å². The molecular formula is C24H19BrF6N4O6. The number of nitrogens with one attached hydrogen (secondary N) is 2. The molecule has 0 aliphatic rings. The fourth-order valence-corrected chi connectivity index (χ4v) is 3.33. The number of hydrogen-bond donors (Lipinski definition) is 2. The van der Waals surface area contributed by atoms with Crippen molar-refractivity contribution in [2.75, 3.05) is 29.2 Å². The van der Waals surface area contributed by atoms with Gasteiger partial charge in [0.25, 0.3) is 0 Å². The van der Waals surface area contributed by atoms with Gasteiger partial charge in [-0.2, -0.15) is 13.2 Å². The van der Waals surface area contributed by atoms with E-state index in [9.17, 15) is 40.7 Å². The molecule has 3 rings (SSSR count). The minimum Gasteiger partial charge on any atom is -0.461 e. The van der Waals surface area contributed by atoms with Gasteiger partial charge >= 0.3 is 30.5 Å². The summed E-state index contributed by atoms with van der Waals surface area (Å²) in [6, 6.07) is 7.49. The van der Waals surface area contributed by atoms with Crippen LogP contribution in [0, 0.1) is 0 Å². The number of halogens is 7. The van der Waals surface area contributed by atoms with Crippen LogP contribution in [0.25, 0.3) is 0 Å². The first kappa shape index (κ1) is 31.3. The van der Waals surface area contributed by atoms with Crippen molar-refractivity contribution in [2.45, 2.75) is 19.1 Å². The molecule has 0 unspecified atom stereocenters. The number of ether oxygens (including phenoxy) is 3. The van der Waals surface area contributed by atoms with E-state index in [0.717, 1.165) is 36.4 Å². The van der Waals surface area contributed by atoms with E-state index in [-0.39, 0.29) is 42.4 Å². The number of amides is 2. The first-order valence-electron chi connectivity index (χ1n) is 11.3. The van der Waals surface area contributed by atoms with Crippen LogP contribution in [0.3, 0.4) is 0 Å². The average molecular weight is 653 g/mol. The molecule has 3 aromatic rings. The topological polar surface area (TPSA) is 121 Å². The van der Waals surface area contributed by atoms with Crippen LogP contribution >= 0.6 is 15.9 Å². The standard InChI is InChI=1S/C24H19BrF6N4O6/c25-11-19(36)39-9-10-40-21(37)20-33-18(13-35(20)12-14-1-3-15(4-2-14)23(26,27)28)34-22(38)32-16-5-7-17(8-6-16)41-24(29,30)31/h1-8,13H,9-12H2,(H2,32,34,38). The first-order chi connectivity index (χ1) is 19.2. The van der Waals surface area contributed by atoms with Crippen LogP contribution in [0.5, 0.6) is 5.75 Å². The van der Waals surface area contributed by atoms with Gasteiger partial charge in [-0.1, -0.05) is 28.1 Å². The first-order valence-corrected chi connectivity index (χ1v) is 12.4. The van der Waals surface area contributed by atoms with Gasteiger partial charge < -0.3 is 24.1 Å². The van der Waals surface area contributed by atoms with Crippen LogP contribution < -0.4 is 15.4 Å². The highest BCUT2D eigenvalue weighted by atomic mass is 79.9. The number of carbonyl (C=O) groups excluding carboxylic acids is 3. The maximum absolute atomic E-state index is 12.9. The van der Waals surface area contributed by atoms with Crippen molar-refractivity contribution in [3.05, 3.63) is 71.7 Å². The molecule has 10 nitrogen and oxygen atoms in total. The highest BCUT2D eigenvalue weighted by Gasteiger charge is 2.31. The van der Waals surface area contributed by atoms with E-state index in [0.29, 0.717) is 5.56 Å². The molecule has 0 radical (unpaired) electrons. The predicted octanol–water partition coefficient (Wildman–Crippen LogP) is 5.59. The van der Waals surface area contributed by atoms with E-state index in [1.54, 1.807) is 0 Å². The SMILES string of the molecule is O=C(Nc1ccc(OC(F)(F)F)cc1)Nc1cn(Cc2ccc(C(F)(F)F)cc2)c(C(=O)OCCOC(=O)CBr)n1. The van der Waals surface area contributed by atoms with E-state index < -0.39 is 41.8 Å². The Labute approximate surface area is 235 Å². The number of rotatable bonds is 10. The number of hydrogen-bond acceptors (Lipinski definition) is 7. The Morgan fingerprint density at radius 2 is 1.51 bits per heavy atom. The van der Waals surface area contributed by atoms with Gasteiger partial charge in [-0.15, -0.1) is 13.2 Å². The van der Waals surface area contributed by atoms with Crippen molar-refractivity contribution in [1.29, 1.82) is 0 Å². The molecule has 0 fully saturated rings. The Balaban J connectivity index is 1.73. The summed E-state index contributed by atoms with van der Waals surface area (Å²) in [4.78, 5) is 40.3. The van der Waals surface area contributed by atoms with Crippen molar-refractivity contribution in [3.8, 4) is 5.75 Å². The van der Waals surface area contributed by atoms with Crippen LogP contribution in [0.1, 0.15) is 21.7 Å². The molecule has 1 heterocycles. The molecule has 0 atom stereocenters. The fourth-order valence-electron chi connectivity index (χ4n) is 3.17. The monoisotopic (exact) mass is 652 g/mol. The summed E-state index contributed by atoms with van der Waals surface area (Å²) < 4.78 is 90.4. The number of nitrogens with zero attached hydrogens (tertiary/aromatic N) is 2. The third-order valence-corrected chi connectivity index (χ3v) is 5.33. The number of benzene rings is 2. The zero-order valence-electron chi connectivity index (χ0n) is 20.5. The highest BCUT2D eigenvalue weighted by molar-refractivity contribution is 9.09. The Bertz CT molecular complexity index is 1360. The second-order valence-corrected chi connectivity index (χ2v) is 8.47. The lowest BCUT2D eigenvalue weighted by Gasteiger charge is -2.10. The van der Waals surface area contributed by atoms with Crippen molar-refractivity contribution in [2.24, 2.45) is 0 Å². The van der Waals surface area contributed by atoms with E-state index in [2.05, 4.69) is 36.3 Å². The van der Waals surface area contributed by atoms with Crippen LogP contribution in [0.2, 0.25) is 0 Å². The molecule has 2 N–H and O–H groups in total. The number of carbonyl (C=O) groups is 3. The molecule has 2 aromatic carbocycles. The number of anilines is 2. The summed E-state index contributed by atoms with van der Waals surface area (Å²) >= 11 is 2.90. The highest BCUT2D eigenvalue weighted by Crippen LogP contribution is 2.29. The number of esters is 2. The van der Waals surface area contributed by atoms with Gasteiger partial charge in [0.2, 0.25) is 5.82 Å². The summed E-state index contributed by atoms with van der Waals surface area (Å²) in [5.74, 6) is -2.58. The van der Waals surface area contributed by atoms with Gasteiger partial charge in [0.15, 0.2) is 5.82 Å². The molecular weight excluding hydrogens is 634 g/mol. The van der Waals surface area contributed by atoms with Crippen molar-refractivity contribution in [3.63, 3.8) is 0 Å². The average Bonchev–Trinajstić information content (AvgIpc) is 3.28. The van der Waals surface area contributed by atoms with Crippen LogP contribution in [0.4, 0.5) is 42.6 Å². The lowest BCUT2D eigenvalue weighted by molar-refractivity contribution is -0.274. The van der Waals surface area contributed by atoms with Crippen molar-refractivity contribution >= 4 is 45.4 Å². The minimum absolute atomic E-state index is 0.0684. The van der Waals surface area contributed by atoms with E-state index in [1.165, 1.54) is 22.9 Å². The van der Waals surface area contributed by atoms with Gasteiger partial charge in [-0.25, -0.2) is 14.6 Å². The third kappa shape index (κ3) is 10.0. The Kier molecular flexibility index (Phi) is 10.2. The second kappa shape index (κ2) is 13.4. The maximum atomic E-state index is 12.9. The van der Waals surface area contributed by atoms with Crippen LogP contribution in [-0.2, 0) is 27.0 Å². The minimum atomic E-state index is -4.89. The summed E-state index contributed by atoms with van der Waals surface area (Å²) in [7, 11) is 0. The molecule has 2 amide bonds.